The number of sulfonamides is 1. The highest BCUT2D eigenvalue weighted by Crippen LogP contribution is 2.35. The number of aryl methyl sites for hydroxylation is 1. The molecular formula is C28H33BrF3N3O4S2. The number of hydrogen-bond donors (Lipinski definition) is 0. The van der Waals surface area contributed by atoms with Crippen LogP contribution in [0.3, 0.4) is 0 Å². The zero-order chi connectivity index (χ0) is 30.9. The molecule has 0 aliphatic heterocycles. The first-order chi connectivity index (χ1) is 18.8. The second-order valence-corrected chi connectivity index (χ2v) is 14.7. The van der Waals surface area contributed by atoms with Gasteiger partial charge in [-0.25, -0.2) is 26.4 Å². The maximum absolute atomic E-state index is 15.7. The van der Waals surface area contributed by atoms with Crippen molar-refractivity contribution >= 4 is 49.4 Å². The van der Waals surface area contributed by atoms with Crippen molar-refractivity contribution in [2.24, 2.45) is 0 Å². The van der Waals surface area contributed by atoms with Crippen LogP contribution in [0, 0.1) is 17.5 Å². The lowest BCUT2D eigenvalue weighted by atomic mass is 9.97. The summed E-state index contributed by atoms with van der Waals surface area (Å²) >= 11 is 3.91. The smallest absolute Gasteiger partial charge is 0.430 e. The van der Waals surface area contributed by atoms with E-state index in [0.717, 1.165) is 23.2 Å². The van der Waals surface area contributed by atoms with Crippen LogP contribution in [0.5, 0.6) is 0 Å². The van der Waals surface area contributed by atoms with Crippen molar-refractivity contribution < 1.29 is 31.1 Å². The van der Waals surface area contributed by atoms with Gasteiger partial charge in [0.1, 0.15) is 17.2 Å². The Morgan fingerprint density at radius 3 is 2.24 bits per heavy atom. The molecule has 0 saturated carbocycles. The molecule has 224 valence electrons. The number of rotatable bonds is 8. The average molecular weight is 677 g/mol. The van der Waals surface area contributed by atoms with Gasteiger partial charge < -0.3 is 4.74 Å². The van der Waals surface area contributed by atoms with Gasteiger partial charge in [-0.15, -0.1) is 4.31 Å². The molecule has 0 atom stereocenters. The molecule has 0 aliphatic carbocycles. The van der Waals surface area contributed by atoms with Gasteiger partial charge in [-0.1, -0.05) is 12.1 Å². The Morgan fingerprint density at radius 2 is 1.68 bits per heavy atom. The molecular weight excluding hydrogens is 643 g/mol. The van der Waals surface area contributed by atoms with Crippen LogP contribution < -0.4 is 4.31 Å². The molecule has 0 fully saturated rings. The largest absolute Gasteiger partial charge is 0.443 e. The minimum Gasteiger partial charge on any atom is -0.443 e. The van der Waals surface area contributed by atoms with E-state index in [9.17, 15) is 17.6 Å². The summed E-state index contributed by atoms with van der Waals surface area (Å²) in [6, 6.07) is 6.82. The molecule has 0 unspecified atom stereocenters. The Kier molecular flexibility index (Phi) is 9.99. The van der Waals surface area contributed by atoms with Gasteiger partial charge in [0.15, 0.2) is 16.5 Å². The number of anilines is 1. The van der Waals surface area contributed by atoms with E-state index in [0.29, 0.717) is 12.1 Å². The highest BCUT2D eigenvalue weighted by Gasteiger charge is 2.40. The third-order valence-corrected chi connectivity index (χ3v) is 9.41. The summed E-state index contributed by atoms with van der Waals surface area (Å²) in [6.45, 7) is 11.1. The monoisotopic (exact) mass is 675 g/mol. The molecule has 2 aromatic carbocycles. The second kappa shape index (κ2) is 12.4. The molecule has 0 radical (unpaired) electrons. The first kappa shape index (κ1) is 33.0. The zero-order valence-electron chi connectivity index (χ0n) is 23.9. The number of hydrogen-bond acceptors (Lipinski definition) is 7. The Labute approximate surface area is 251 Å². The predicted molar refractivity (Wildman–Crippen MR) is 157 cm³/mol. The summed E-state index contributed by atoms with van der Waals surface area (Å²) in [4.78, 5) is 13.6. The molecule has 0 N–H and O–H groups in total. The first-order valence-corrected chi connectivity index (χ1v) is 15.7. The Bertz CT molecular complexity index is 1520. The van der Waals surface area contributed by atoms with Gasteiger partial charge in [0.25, 0.3) is 10.0 Å². The maximum Gasteiger partial charge on any atom is 0.430 e. The number of carbonyl (C=O) groups excluding carboxylic acids is 1. The van der Waals surface area contributed by atoms with Crippen LogP contribution >= 0.6 is 27.5 Å². The van der Waals surface area contributed by atoms with E-state index in [1.54, 1.807) is 12.1 Å². The highest BCUT2D eigenvalue weighted by molar-refractivity contribution is 9.10. The average Bonchev–Trinajstić information content (AvgIpc) is 3.33. The molecule has 3 rings (SSSR count). The molecule has 0 spiro atoms. The fourth-order valence-electron chi connectivity index (χ4n) is 3.85. The van der Waals surface area contributed by atoms with Crippen molar-refractivity contribution in [1.82, 2.24) is 9.27 Å². The Balaban J connectivity index is 2.00. The molecule has 1 heterocycles. The van der Waals surface area contributed by atoms with Gasteiger partial charge in [0.2, 0.25) is 0 Å². The van der Waals surface area contributed by atoms with Crippen LogP contribution in [-0.2, 0) is 34.1 Å². The van der Waals surface area contributed by atoms with Crippen LogP contribution in [0.1, 0.15) is 58.2 Å². The minimum atomic E-state index is -5.15. The van der Waals surface area contributed by atoms with Gasteiger partial charge in [-0.3, -0.25) is 4.90 Å². The molecule has 7 nitrogen and oxygen atoms in total. The van der Waals surface area contributed by atoms with Gasteiger partial charge in [0, 0.05) is 17.5 Å². The van der Waals surface area contributed by atoms with Crippen molar-refractivity contribution in [3.8, 4) is 0 Å². The summed E-state index contributed by atoms with van der Waals surface area (Å²) in [5.41, 5.74) is -0.0564. The van der Waals surface area contributed by atoms with Crippen molar-refractivity contribution in [2.75, 3.05) is 11.4 Å². The third-order valence-electron chi connectivity index (χ3n) is 6.29. The quantitative estimate of drug-likeness (QED) is 0.231. The molecule has 1 aromatic heterocycles. The lowest BCUT2D eigenvalue weighted by molar-refractivity contribution is 0.0608. The second-order valence-electron chi connectivity index (χ2n) is 11.5. The minimum absolute atomic E-state index is 0.00375. The molecule has 13 heteroatoms. The van der Waals surface area contributed by atoms with E-state index in [-0.39, 0.29) is 38.5 Å². The molecule has 0 bridgehead atoms. The zero-order valence-corrected chi connectivity index (χ0v) is 27.1. The van der Waals surface area contributed by atoms with Crippen LogP contribution in [0.25, 0.3) is 0 Å². The van der Waals surface area contributed by atoms with E-state index in [4.69, 9.17) is 4.74 Å². The fraction of sp³-hybridized carbons (Fsp3) is 0.429. The first-order valence-electron chi connectivity index (χ1n) is 12.7. The lowest BCUT2D eigenvalue weighted by Crippen LogP contribution is -2.41. The van der Waals surface area contributed by atoms with E-state index in [1.165, 1.54) is 38.3 Å². The maximum atomic E-state index is 15.7. The summed E-state index contributed by atoms with van der Waals surface area (Å²) < 4.78 is 82.0. The Hall–Kier alpha value is -2.48. The molecule has 41 heavy (non-hydrogen) atoms. The van der Waals surface area contributed by atoms with Crippen molar-refractivity contribution in [2.45, 2.75) is 77.0 Å². The van der Waals surface area contributed by atoms with Gasteiger partial charge in [-0.05, 0) is 124 Å². The summed E-state index contributed by atoms with van der Waals surface area (Å²) in [5, 5.41) is 1.41. The van der Waals surface area contributed by atoms with Crippen LogP contribution in [0.15, 0.2) is 45.1 Å². The summed E-state index contributed by atoms with van der Waals surface area (Å²) in [7, 11) is -3.23. The predicted octanol–water partition coefficient (Wildman–Crippen LogP) is 7.47. The Morgan fingerprint density at radius 1 is 1.02 bits per heavy atom. The third kappa shape index (κ3) is 7.68. The number of carbonyl (C=O) groups is 1. The van der Waals surface area contributed by atoms with E-state index >= 15 is 8.78 Å². The van der Waals surface area contributed by atoms with E-state index < -0.39 is 44.1 Å². The molecule has 3 aromatic rings. The summed E-state index contributed by atoms with van der Waals surface area (Å²) in [5.74, 6) is -3.65. The number of halogens is 4. The van der Waals surface area contributed by atoms with Crippen LogP contribution in [0.2, 0.25) is 0 Å². The van der Waals surface area contributed by atoms with E-state index in [1.807, 2.05) is 27.8 Å². The van der Waals surface area contributed by atoms with Crippen molar-refractivity contribution in [3.63, 3.8) is 0 Å². The molecule has 0 aliphatic rings. The van der Waals surface area contributed by atoms with Gasteiger partial charge in [-0.2, -0.15) is 4.37 Å². The molecule has 1 amide bonds. The topological polar surface area (TPSA) is 79.8 Å². The number of nitrogens with zero attached hydrogens (tertiary/aromatic N) is 3. The number of ether oxygens (including phenoxy) is 1. The standard InChI is InChI=1S/C28H33BrF3N3O4S2/c1-27(2,3)34(7)16-18-9-8-10-20(30)19(18)12-11-17-15-21(31)25(24(32)23(17)29)41(37,38)35(22-13-14-40-33-22)26(36)39-28(4,5)6/h8-10,13-15H,11-12,16H2,1-7H3. The van der Waals surface area contributed by atoms with Gasteiger partial charge >= 0.3 is 6.09 Å². The van der Waals surface area contributed by atoms with Crippen molar-refractivity contribution in [1.29, 1.82) is 0 Å². The fourth-order valence-corrected chi connectivity index (χ4v) is 6.44. The SMILES string of the molecule is CN(Cc1cccc(F)c1CCc1cc(F)c(S(=O)(=O)N(C(=O)OC(C)(C)C)c2ccsn2)c(F)c1Br)C(C)(C)C. The van der Waals surface area contributed by atoms with Crippen LogP contribution in [-0.4, -0.2) is 42.0 Å². The number of aromatic nitrogens is 1. The van der Waals surface area contributed by atoms with E-state index in [2.05, 4.69) is 25.2 Å². The molecule has 0 saturated heterocycles. The highest BCUT2D eigenvalue weighted by atomic mass is 79.9. The number of amides is 1. The van der Waals surface area contributed by atoms with Gasteiger partial charge in [0.05, 0.1) is 4.47 Å². The summed E-state index contributed by atoms with van der Waals surface area (Å²) in [6.07, 6.45) is -1.26. The lowest BCUT2D eigenvalue weighted by Gasteiger charge is -2.32. The van der Waals surface area contributed by atoms with Crippen LogP contribution in [0.4, 0.5) is 23.8 Å². The normalized spacial score (nSPS) is 12.6. The number of benzene rings is 2. The van der Waals surface area contributed by atoms with Crippen molar-refractivity contribution in [3.05, 3.63) is 74.3 Å².